The Morgan fingerprint density at radius 1 is 1.38 bits per heavy atom. The zero-order valence-electron chi connectivity index (χ0n) is 6.90. The summed E-state index contributed by atoms with van der Waals surface area (Å²) in [6.45, 7) is 0. The molecule has 0 fully saturated rings. The molecule has 0 aliphatic carbocycles. The van der Waals surface area contributed by atoms with Crippen LogP contribution in [-0.4, -0.2) is 15.3 Å². The number of ketones is 1. The second-order valence-corrected chi connectivity index (χ2v) is 3.29. The van der Waals surface area contributed by atoms with Gasteiger partial charge in [-0.05, 0) is 23.8 Å². The minimum Gasteiger partial charge on any atom is -0.508 e. The van der Waals surface area contributed by atoms with E-state index in [2.05, 4.69) is 0 Å². The Kier molecular flexibility index (Phi) is 3.95. The fraction of sp³-hybridized carbons (Fsp3) is 0.100. The molecule has 0 radical (unpaired) electrons. The average molecular weight is 288 g/mol. The highest BCUT2D eigenvalue weighted by Crippen LogP contribution is 2.10. The van der Waals surface area contributed by atoms with Crippen molar-refractivity contribution in [1.82, 2.24) is 0 Å². The van der Waals surface area contributed by atoms with Crippen LogP contribution >= 0.6 is 22.6 Å². The van der Waals surface area contributed by atoms with Crippen molar-refractivity contribution in [2.75, 3.05) is 4.43 Å². The largest absolute Gasteiger partial charge is 0.508 e. The van der Waals surface area contributed by atoms with E-state index < -0.39 is 0 Å². The van der Waals surface area contributed by atoms with Crippen LogP contribution in [0.1, 0.15) is 5.56 Å². The van der Waals surface area contributed by atoms with E-state index in [1.54, 1.807) is 36.4 Å². The first-order chi connectivity index (χ1) is 6.22. The maximum absolute atomic E-state index is 10.9. The summed E-state index contributed by atoms with van der Waals surface area (Å²) >= 11 is 2.02. The van der Waals surface area contributed by atoms with Gasteiger partial charge in [0.25, 0.3) is 0 Å². The van der Waals surface area contributed by atoms with Gasteiger partial charge in [-0.25, -0.2) is 0 Å². The van der Waals surface area contributed by atoms with Crippen LogP contribution in [0, 0.1) is 0 Å². The van der Waals surface area contributed by atoms with Crippen molar-refractivity contribution in [2.24, 2.45) is 0 Å². The molecule has 1 N–H and O–H groups in total. The number of carbonyl (C=O) groups excluding carboxylic acids is 1. The zero-order valence-corrected chi connectivity index (χ0v) is 9.06. The highest BCUT2D eigenvalue weighted by molar-refractivity contribution is 14.1. The maximum atomic E-state index is 10.9. The summed E-state index contributed by atoms with van der Waals surface area (Å²) in [6.07, 6.45) is 3.28. The molecule has 0 heterocycles. The minimum absolute atomic E-state index is 0.0914. The van der Waals surface area contributed by atoms with E-state index in [1.165, 1.54) is 0 Å². The quantitative estimate of drug-likeness (QED) is 0.527. The first kappa shape index (κ1) is 10.2. The van der Waals surface area contributed by atoms with Gasteiger partial charge in [0.2, 0.25) is 0 Å². The molecule has 1 rings (SSSR count). The molecule has 13 heavy (non-hydrogen) atoms. The van der Waals surface area contributed by atoms with E-state index in [0.717, 1.165) is 5.56 Å². The van der Waals surface area contributed by atoms with Crippen molar-refractivity contribution in [3.05, 3.63) is 35.9 Å². The summed E-state index contributed by atoms with van der Waals surface area (Å²) in [6, 6.07) is 6.70. The molecular weight excluding hydrogens is 279 g/mol. The monoisotopic (exact) mass is 288 g/mol. The number of allylic oxidation sites excluding steroid dienone is 1. The molecule has 0 saturated carbocycles. The molecule has 2 nitrogen and oxygen atoms in total. The fourth-order valence-electron chi connectivity index (χ4n) is 0.819. The van der Waals surface area contributed by atoms with Crippen LogP contribution < -0.4 is 0 Å². The number of rotatable bonds is 3. The van der Waals surface area contributed by atoms with E-state index in [-0.39, 0.29) is 11.5 Å². The van der Waals surface area contributed by atoms with Crippen molar-refractivity contribution >= 4 is 34.5 Å². The number of halogens is 1. The first-order valence-corrected chi connectivity index (χ1v) is 5.31. The zero-order chi connectivity index (χ0) is 9.68. The van der Waals surface area contributed by atoms with Crippen molar-refractivity contribution in [1.29, 1.82) is 0 Å². The number of hydrogen-bond acceptors (Lipinski definition) is 2. The van der Waals surface area contributed by atoms with Crippen molar-refractivity contribution in [2.45, 2.75) is 0 Å². The van der Waals surface area contributed by atoms with Gasteiger partial charge < -0.3 is 5.11 Å². The summed E-state index contributed by atoms with van der Waals surface area (Å²) in [5.41, 5.74) is 0.913. The number of alkyl halides is 1. The molecule has 0 aliphatic rings. The molecule has 0 bridgehead atoms. The van der Waals surface area contributed by atoms with E-state index >= 15 is 0 Å². The lowest BCUT2D eigenvalue weighted by atomic mass is 10.2. The summed E-state index contributed by atoms with van der Waals surface area (Å²) in [5, 5.41) is 8.99. The summed E-state index contributed by atoms with van der Waals surface area (Å²) in [4.78, 5) is 10.9. The third kappa shape index (κ3) is 3.59. The highest BCUT2D eigenvalue weighted by Gasteiger charge is 1.91. The van der Waals surface area contributed by atoms with Crippen LogP contribution in [0.2, 0.25) is 0 Å². The van der Waals surface area contributed by atoms with Gasteiger partial charge in [0.15, 0.2) is 5.78 Å². The molecule has 0 saturated heterocycles. The average Bonchev–Trinajstić information content (AvgIpc) is 2.16. The van der Waals surface area contributed by atoms with Gasteiger partial charge in [0.05, 0.1) is 4.43 Å². The van der Waals surface area contributed by atoms with Crippen LogP contribution in [-0.2, 0) is 4.79 Å². The van der Waals surface area contributed by atoms with Crippen LogP contribution in [0.15, 0.2) is 30.3 Å². The summed E-state index contributed by atoms with van der Waals surface area (Å²) in [5.74, 6) is 0.325. The van der Waals surface area contributed by atoms with Gasteiger partial charge in [-0.1, -0.05) is 40.8 Å². The molecule has 1 aromatic rings. The molecule has 0 unspecified atom stereocenters. The van der Waals surface area contributed by atoms with Crippen LogP contribution in [0.25, 0.3) is 6.08 Å². The lowest BCUT2D eigenvalue weighted by Gasteiger charge is -1.92. The number of phenolic OH excluding ortho intramolecular Hbond substituents is 1. The lowest BCUT2D eigenvalue weighted by Crippen LogP contribution is -1.90. The molecule has 0 aliphatic heterocycles. The normalized spacial score (nSPS) is 10.5. The Hall–Kier alpha value is -0.840. The van der Waals surface area contributed by atoms with Crippen molar-refractivity contribution in [3.63, 3.8) is 0 Å². The molecule has 1 aromatic carbocycles. The first-order valence-electron chi connectivity index (χ1n) is 3.78. The van der Waals surface area contributed by atoms with Gasteiger partial charge in [-0.15, -0.1) is 0 Å². The molecule has 0 spiro atoms. The molecule has 68 valence electrons. The third-order valence-electron chi connectivity index (χ3n) is 1.49. The Morgan fingerprint density at radius 3 is 2.54 bits per heavy atom. The molecule has 0 aromatic heterocycles. The van der Waals surface area contributed by atoms with Crippen molar-refractivity contribution < 1.29 is 9.90 Å². The Balaban J connectivity index is 2.69. The number of phenols is 1. The summed E-state index contributed by atoms with van der Waals surface area (Å²) in [7, 11) is 0. The van der Waals surface area contributed by atoms with E-state index in [1.807, 2.05) is 22.6 Å². The number of hydrogen-bond donors (Lipinski definition) is 1. The second kappa shape index (κ2) is 5.01. The van der Waals surface area contributed by atoms with Gasteiger partial charge in [-0.3, -0.25) is 4.79 Å². The SMILES string of the molecule is O=C(/C=C/c1ccc(O)cc1)CI. The van der Waals surface area contributed by atoms with Crippen LogP contribution in [0.4, 0.5) is 0 Å². The Morgan fingerprint density at radius 2 is 2.00 bits per heavy atom. The Bertz CT molecular complexity index is 314. The van der Waals surface area contributed by atoms with Crippen LogP contribution in [0.5, 0.6) is 5.75 Å². The van der Waals surface area contributed by atoms with Crippen molar-refractivity contribution in [3.8, 4) is 5.75 Å². The predicted octanol–water partition coefficient (Wildman–Crippen LogP) is 2.41. The maximum Gasteiger partial charge on any atom is 0.165 e. The number of benzene rings is 1. The molecule has 3 heteroatoms. The van der Waals surface area contributed by atoms with Crippen LogP contribution in [0.3, 0.4) is 0 Å². The third-order valence-corrected chi connectivity index (χ3v) is 2.24. The lowest BCUT2D eigenvalue weighted by molar-refractivity contribution is -0.112. The number of aromatic hydroxyl groups is 1. The molecular formula is C10H9IO2. The van der Waals surface area contributed by atoms with Gasteiger partial charge >= 0.3 is 0 Å². The second-order valence-electron chi connectivity index (χ2n) is 2.52. The standard InChI is InChI=1S/C10H9IO2/c11-7-10(13)6-3-8-1-4-9(12)5-2-8/h1-6,12H,7H2/b6-3+. The topological polar surface area (TPSA) is 37.3 Å². The van der Waals surface area contributed by atoms with E-state index in [4.69, 9.17) is 5.11 Å². The van der Waals surface area contributed by atoms with Gasteiger partial charge in [-0.2, -0.15) is 0 Å². The summed E-state index contributed by atoms with van der Waals surface area (Å²) < 4.78 is 0.492. The highest BCUT2D eigenvalue weighted by atomic mass is 127. The smallest absolute Gasteiger partial charge is 0.165 e. The molecule has 0 amide bonds. The number of carbonyl (C=O) groups is 1. The van der Waals surface area contributed by atoms with Gasteiger partial charge in [0.1, 0.15) is 5.75 Å². The minimum atomic E-state index is 0.0914. The fourth-order valence-corrected chi connectivity index (χ4v) is 1.07. The molecule has 0 atom stereocenters. The Labute approximate surface area is 90.4 Å². The van der Waals surface area contributed by atoms with E-state index in [9.17, 15) is 4.79 Å². The van der Waals surface area contributed by atoms with Gasteiger partial charge in [0, 0.05) is 0 Å². The predicted molar refractivity (Wildman–Crippen MR) is 61.0 cm³/mol. The van der Waals surface area contributed by atoms with E-state index in [0.29, 0.717) is 4.43 Å².